The molecule has 2 aromatic heterocycles. The number of aromatic nitrogens is 3. The third kappa shape index (κ3) is 5.17. The van der Waals surface area contributed by atoms with Crippen molar-refractivity contribution >= 4 is 22.6 Å². The largest absolute Gasteiger partial charge is 0.367 e. The number of carbonyl (C=O) groups excluding carboxylic acids is 1. The van der Waals surface area contributed by atoms with E-state index in [1.165, 1.54) is 15.2 Å². The SMILES string of the molecule is CCn1c(=O)c2ccn(CC(=O)NCCCN3CCN(c4ccccc4F)CC3)c2n(CC)c1=O. The van der Waals surface area contributed by atoms with E-state index in [-0.39, 0.29) is 29.5 Å². The van der Waals surface area contributed by atoms with E-state index >= 15 is 0 Å². The van der Waals surface area contributed by atoms with Gasteiger partial charge < -0.3 is 14.8 Å². The van der Waals surface area contributed by atoms with Gasteiger partial charge in [0.15, 0.2) is 0 Å². The Morgan fingerprint density at radius 2 is 1.71 bits per heavy atom. The van der Waals surface area contributed by atoms with Crippen molar-refractivity contribution in [3.63, 3.8) is 0 Å². The minimum atomic E-state index is -0.358. The molecule has 9 nitrogen and oxygen atoms in total. The smallest absolute Gasteiger partial charge is 0.332 e. The summed E-state index contributed by atoms with van der Waals surface area (Å²) in [6.07, 6.45) is 2.49. The van der Waals surface area contributed by atoms with Crippen LogP contribution in [0.4, 0.5) is 10.1 Å². The molecule has 1 fully saturated rings. The van der Waals surface area contributed by atoms with Gasteiger partial charge in [-0.1, -0.05) is 12.1 Å². The third-order valence-corrected chi connectivity index (χ3v) is 6.61. The number of amides is 1. The molecule has 1 aliphatic heterocycles. The van der Waals surface area contributed by atoms with Crippen LogP contribution in [-0.4, -0.2) is 63.8 Å². The van der Waals surface area contributed by atoms with Gasteiger partial charge >= 0.3 is 5.69 Å². The molecule has 0 unspecified atom stereocenters. The Balaban J connectivity index is 1.27. The number of anilines is 1. The predicted molar refractivity (Wildman–Crippen MR) is 134 cm³/mol. The standard InChI is InChI=1S/C25H33FN6O3/c1-3-31-23-19(24(34)32(4-2)25(31)35)10-13-30(23)18-22(33)27-11-7-12-28-14-16-29(17-15-28)21-9-6-5-8-20(21)26/h5-6,8-10,13H,3-4,7,11-12,14-18H2,1-2H3,(H,27,33). The first kappa shape index (κ1) is 24.7. The van der Waals surface area contributed by atoms with Crippen molar-refractivity contribution in [2.45, 2.75) is 39.9 Å². The number of nitrogens with one attached hydrogen (secondary N) is 1. The molecule has 4 rings (SSSR count). The van der Waals surface area contributed by atoms with Crippen molar-refractivity contribution in [2.24, 2.45) is 0 Å². The molecule has 0 saturated carbocycles. The van der Waals surface area contributed by atoms with Crippen LogP contribution in [0.25, 0.3) is 11.0 Å². The first-order valence-corrected chi connectivity index (χ1v) is 12.3. The van der Waals surface area contributed by atoms with Crippen LogP contribution in [0, 0.1) is 5.82 Å². The van der Waals surface area contributed by atoms with E-state index in [0.717, 1.165) is 39.1 Å². The fourth-order valence-electron chi connectivity index (χ4n) is 4.75. The number of halogens is 1. The molecule has 1 N–H and O–H groups in total. The van der Waals surface area contributed by atoms with Gasteiger partial charge in [0.05, 0.1) is 11.1 Å². The third-order valence-electron chi connectivity index (χ3n) is 6.61. The molecule has 0 bridgehead atoms. The Labute approximate surface area is 203 Å². The van der Waals surface area contributed by atoms with E-state index < -0.39 is 0 Å². The Morgan fingerprint density at radius 3 is 2.40 bits per heavy atom. The number of rotatable bonds is 9. The Bertz CT molecular complexity index is 1300. The molecule has 3 aromatic rings. The molecular weight excluding hydrogens is 451 g/mol. The fourth-order valence-corrected chi connectivity index (χ4v) is 4.75. The summed E-state index contributed by atoms with van der Waals surface area (Å²) in [6, 6.07) is 8.53. The fraction of sp³-hybridized carbons (Fsp3) is 0.480. The van der Waals surface area contributed by atoms with Gasteiger partial charge in [0.1, 0.15) is 18.0 Å². The van der Waals surface area contributed by atoms with E-state index in [4.69, 9.17) is 0 Å². The van der Waals surface area contributed by atoms with Crippen molar-refractivity contribution < 1.29 is 9.18 Å². The number of benzene rings is 1. The maximum absolute atomic E-state index is 14.0. The normalized spacial score (nSPS) is 14.5. The van der Waals surface area contributed by atoms with Crippen LogP contribution in [0.2, 0.25) is 0 Å². The first-order valence-electron chi connectivity index (χ1n) is 12.3. The number of piperazine rings is 1. The number of fused-ring (bicyclic) bond motifs is 1. The second-order valence-electron chi connectivity index (χ2n) is 8.74. The van der Waals surface area contributed by atoms with Crippen molar-refractivity contribution in [1.29, 1.82) is 0 Å². The van der Waals surface area contributed by atoms with E-state index in [2.05, 4.69) is 15.1 Å². The molecule has 0 atom stereocenters. The molecule has 0 radical (unpaired) electrons. The van der Waals surface area contributed by atoms with Crippen molar-refractivity contribution in [1.82, 2.24) is 23.9 Å². The summed E-state index contributed by atoms with van der Waals surface area (Å²) in [5.74, 6) is -0.354. The zero-order chi connectivity index (χ0) is 24.9. The van der Waals surface area contributed by atoms with Gasteiger partial charge in [0.25, 0.3) is 5.56 Å². The summed E-state index contributed by atoms with van der Waals surface area (Å²) in [6.45, 7) is 8.99. The molecule has 10 heteroatoms. The lowest BCUT2D eigenvalue weighted by atomic mass is 10.2. The van der Waals surface area contributed by atoms with Gasteiger partial charge in [-0.05, 0) is 45.0 Å². The highest BCUT2D eigenvalue weighted by Gasteiger charge is 2.19. The topological polar surface area (TPSA) is 84.5 Å². The van der Waals surface area contributed by atoms with E-state index in [1.807, 2.05) is 19.1 Å². The van der Waals surface area contributed by atoms with Crippen LogP contribution in [0.3, 0.4) is 0 Å². The average Bonchev–Trinajstić information content (AvgIpc) is 3.27. The zero-order valence-corrected chi connectivity index (χ0v) is 20.4. The highest BCUT2D eigenvalue weighted by molar-refractivity contribution is 5.80. The lowest BCUT2D eigenvalue weighted by Gasteiger charge is -2.36. The van der Waals surface area contributed by atoms with Gasteiger partial charge in [-0.25, -0.2) is 9.18 Å². The monoisotopic (exact) mass is 484 g/mol. The van der Waals surface area contributed by atoms with Gasteiger partial charge in [-0.3, -0.25) is 23.6 Å². The molecule has 0 spiro atoms. The number of nitrogens with zero attached hydrogens (tertiary/aromatic N) is 5. The summed E-state index contributed by atoms with van der Waals surface area (Å²) in [5, 5.41) is 3.38. The number of para-hydroxylation sites is 1. The van der Waals surface area contributed by atoms with Crippen LogP contribution < -0.4 is 21.5 Å². The van der Waals surface area contributed by atoms with Crippen LogP contribution >= 0.6 is 0 Å². The van der Waals surface area contributed by atoms with Gasteiger partial charge in [-0.15, -0.1) is 0 Å². The summed E-state index contributed by atoms with van der Waals surface area (Å²) in [5.41, 5.74) is 0.448. The molecule has 1 saturated heterocycles. The summed E-state index contributed by atoms with van der Waals surface area (Å²) in [7, 11) is 0. The first-order chi connectivity index (χ1) is 16.9. The number of hydrogen-bond donors (Lipinski definition) is 1. The molecule has 1 aliphatic rings. The van der Waals surface area contributed by atoms with E-state index in [9.17, 15) is 18.8 Å². The highest BCUT2D eigenvalue weighted by Crippen LogP contribution is 2.20. The number of carbonyl (C=O) groups is 1. The number of hydrogen-bond acceptors (Lipinski definition) is 5. The average molecular weight is 485 g/mol. The minimum Gasteiger partial charge on any atom is -0.367 e. The summed E-state index contributed by atoms with van der Waals surface area (Å²) in [4.78, 5) is 42.3. The Hall–Kier alpha value is -3.40. The van der Waals surface area contributed by atoms with Crippen molar-refractivity contribution in [3.8, 4) is 0 Å². The van der Waals surface area contributed by atoms with Crippen LogP contribution in [0.15, 0.2) is 46.1 Å². The predicted octanol–water partition coefficient (Wildman–Crippen LogP) is 1.47. The quantitative estimate of drug-likeness (QED) is 0.465. The summed E-state index contributed by atoms with van der Waals surface area (Å²) >= 11 is 0. The maximum Gasteiger partial charge on any atom is 0.332 e. The molecule has 1 aromatic carbocycles. The molecule has 3 heterocycles. The highest BCUT2D eigenvalue weighted by atomic mass is 19.1. The molecular formula is C25H33FN6O3. The zero-order valence-electron chi connectivity index (χ0n) is 20.4. The van der Waals surface area contributed by atoms with Crippen molar-refractivity contribution in [2.75, 3.05) is 44.2 Å². The molecule has 188 valence electrons. The second-order valence-corrected chi connectivity index (χ2v) is 8.74. The van der Waals surface area contributed by atoms with Crippen LogP contribution in [0.5, 0.6) is 0 Å². The van der Waals surface area contributed by atoms with E-state index in [0.29, 0.717) is 36.4 Å². The lowest BCUT2D eigenvalue weighted by molar-refractivity contribution is -0.121. The second kappa shape index (κ2) is 10.9. The maximum atomic E-state index is 14.0. The van der Waals surface area contributed by atoms with Gasteiger partial charge in [0.2, 0.25) is 5.91 Å². The van der Waals surface area contributed by atoms with Crippen LogP contribution in [0.1, 0.15) is 20.3 Å². The number of aryl methyl sites for hydroxylation is 1. The van der Waals surface area contributed by atoms with Crippen LogP contribution in [-0.2, 0) is 24.4 Å². The summed E-state index contributed by atoms with van der Waals surface area (Å²) < 4.78 is 18.4. The minimum absolute atomic E-state index is 0.0415. The van der Waals surface area contributed by atoms with Gasteiger partial charge in [-0.2, -0.15) is 0 Å². The molecule has 1 amide bonds. The van der Waals surface area contributed by atoms with E-state index in [1.54, 1.807) is 29.8 Å². The van der Waals surface area contributed by atoms with Crippen molar-refractivity contribution in [3.05, 3.63) is 63.2 Å². The van der Waals surface area contributed by atoms with Gasteiger partial charge in [0, 0.05) is 52.0 Å². The Morgan fingerprint density at radius 1 is 1.00 bits per heavy atom. The lowest BCUT2D eigenvalue weighted by Crippen LogP contribution is -2.47. The Kier molecular flexibility index (Phi) is 7.70. The molecule has 35 heavy (non-hydrogen) atoms. The molecule has 0 aliphatic carbocycles.